The summed E-state index contributed by atoms with van der Waals surface area (Å²) < 4.78 is 4.25. The SMILES string of the molecule is C.C=N/C(=C\C=C(/CCC)C(=C)NC1CCCCC1)N1CCCC(CC=O)C1.COC. The van der Waals surface area contributed by atoms with E-state index in [0.717, 1.165) is 56.6 Å². The summed E-state index contributed by atoms with van der Waals surface area (Å²) in [6.45, 7) is 12.2. The van der Waals surface area contributed by atoms with Crippen LogP contribution in [0.2, 0.25) is 0 Å². The molecular formula is C26H47N3O2. The van der Waals surface area contributed by atoms with E-state index < -0.39 is 0 Å². The average molecular weight is 434 g/mol. The summed E-state index contributed by atoms with van der Waals surface area (Å²) in [6.07, 6.45) is 16.7. The highest BCUT2D eigenvalue weighted by Gasteiger charge is 2.20. The van der Waals surface area contributed by atoms with Gasteiger partial charge in [0, 0.05) is 45.5 Å². The number of nitrogens with zero attached hydrogens (tertiary/aromatic N) is 2. The van der Waals surface area contributed by atoms with Crippen LogP contribution in [-0.4, -0.2) is 51.3 Å². The summed E-state index contributed by atoms with van der Waals surface area (Å²) in [4.78, 5) is 17.4. The molecule has 0 spiro atoms. The molecule has 0 aromatic rings. The van der Waals surface area contributed by atoms with Crippen molar-refractivity contribution in [1.82, 2.24) is 10.2 Å². The van der Waals surface area contributed by atoms with E-state index in [1.54, 1.807) is 14.2 Å². The summed E-state index contributed by atoms with van der Waals surface area (Å²) in [5, 5.41) is 3.66. The Morgan fingerprint density at radius 1 is 1.16 bits per heavy atom. The van der Waals surface area contributed by atoms with Gasteiger partial charge < -0.3 is 19.7 Å². The fraction of sp³-hybridized carbons (Fsp3) is 0.692. The zero-order chi connectivity index (χ0) is 22.2. The van der Waals surface area contributed by atoms with Crippen molar-refractivity contribution in [2.45, 2.75) is 84.6 Å². The van der Waals surface area contributed by atoms with Crippen LogP contribution in [0.3, 0.4) is 0 Å². The van der Waals surface area contributed by atoms with Gasteiger partial charge in [-0.25, -0.2) is 4.99 Å². The molecule has 1 unspecified atom stereocenters. The van der Waals surface area contributed by atoms with Crippen LogP contribution in [0, 0.1) is 5.92 Å². The number of ether oxygens (including phenoxy) is 1. The average Bonchev–Trinajstić information content (AvgIpc) is 2.75. The van der Waals surface area contributed by atoms with Crippen molar-refractivity contribution in [3.8, 4) is 0 Å². The molecule has 1 N–H and O–H groups in total. The van der Waals surface area contributed by atoms with Gasteiger partial charge in [0.25, 0.3) is 0 Å². The lowest BCUT2D eigenvalue weighted by atomic mass is 9.94. The lowest BCUT2D eigenvalue weighted by molar-refractivity contribution is -0.108. The number of nitrogens with one attached hydrogen (secondary N) is 1. The lowest BCUT2D eigenvalue weighted by Gasteiger charge is -2.33. The van der Waals surface area contributed by atoms with Crippen LogP contribution in [-0.2, 0) is 9.53 Å². The minimum Gasteiger partial charge on any atom is -0.388 e. The fourth-order valence-corrected chi connectivity index (χ4v) is 4.23. The quantitative estimate of drug-likeness (QED) is 0.265. The van der Waals surface area contributed by atoms with Gasteiger partial charge >= 0.3 is 0 Å². The van der Waals surface area contributed by atoms with Crippen molar-refractivity contribution in [2.75, 3.05) is 27.3 Å². The predicted molar refractivity (Wildman–Crippen MR) is 134 cm³/mol. The molecule has 0 bridgehead atoms. The Bertz CT molecular complexity index is 577. The van der Waals surface area contributed by atoms with Crippen LogP contribution in [0.5, 0.6) is 0 Å². The number of aldehydes is 1. The van der Waals surface area contributed by atoms with Crippen LogP contribution in [0.4, 0.5) is 0 Å². The number of allylic oxidation sites excluding steroid dienone is 3. The number of carbonyl (C=O) groups excluding carboxylic acids is 1. The van der Waals surface area contributed by atoms with E-state index in [1.165, 1.54) is 37.7 Å². The zero-order valence-electron chi connectivity index (χ0n) is 19.5. The summed E-state index contributed by atoms with van der Waals surface area (Å²) in [5.41, 5.74) is 2.31. The minimum atomic E-state index is 0. The Kier molecular flexibility index (Phi) is 16.7. The molecule has 0 amide bonds. The van der Waals surface area contributed by atoms with Gasteiger partial charge in [0.05, 0.1) is 0 Å². The maximum atomic E-state index is 10.8. The van der Waals surface area contributed by atoms with Crippen LogP contribution >= 0.6 is 0 Å². The summed E-state index contributed by atoms with van der Waals surface area (Å²) in [6, 6.07) is 0.568. The van der Waals surface area contributed by atoms with E-state index in [9.17, 15) is 4.79 Å². The third kappa shape index (κ3) is 11.3. The molecule has 1 aliphatic heterocycles. The Labute approximate surface area is 191 Å². The van der Waals surface area contributed by atoms with E-state index in [4.69, 9.17) is 0 Å². The number of aliphatic imine (C=N–C) groups is 1. The number of hydrogen-bond donors (Lipinski definition) is 1. The van der Waals surface area contributed by atoms with Crippen molar-refractivity contribution >= 4 is 13.0 Å². The molecule has 1 atom stereocenters. The predicted octanol–water partition coefficient (Wildman–Crippen LogP) is 5.89. The molecule has 31 heavy (non-hydrogen) atoms. The van der Waals surface area contributed by atoms with Crippen molar-refractivity contribution in [1.29, 1.82) is 0 Å². The first-order chi connectivity index (χ1) is 14.6. The van der Waals surface area contributed by atoms with Gasteiger partial charge in [-0.1, -0.05) is 52.7 Å². The van der Waals surface area contributed by atoms with Crippen LogP contribution < -0.4 is 5.32 Å². The maximum Gasteiger partial charge on any atom is 0.127 e. The molecule has 0 aromatic heterocycles. The molecular weight excluding hydrogens is 386 g/mol. The highest BCUT2D eigenvalue weighted by Crippen LogP contribution is 2.24. The Morgan fingerprint density at radius 2 is 1.84 bits per heavy atom. The summed E-state index contributed by atoms with van der Waals surface area (Å²) in [5.74, 6) is 1.34. The Balaban J connectivity index is 0.00000212. The third-order valence-corrected chi connectivity index (χ3v) is 5.76. The van der Waals surface area contributed by atoms with Crippen LogP contribution in [0.1, 0.15) is 78.6 Å². The molecule has 2 rings (SSSR count). The van der Waals surface area contributed by atoms with Crippen molar-refractivity contribution < 1.29 is 9.53 Å². The maximum absolute atomic E-state index is 10.8. The molecule has 2 fully saturated rings. The van der Waals surface area contributed by atoms with Gasteiger partial charge in [0.1, 0.15) is 12.1 Å². The minimum absolute atomic E-state index is 0. The van der Waals surface area contributed by atoms with Crippen molar-refractivity contribution in [3.05, 3.63) is 35.8 Å². The van der Waals surface area contributed by atoms with Gasteiger partial charge in [0.15, 0.2) is 0 Å². The van der Waals surface area contributed by atoms with E-state index in [1.807, 2.05) is 0 Å². The molecule has 1 heterocycles. The largest absolute Gasteiger partial charge is 0.388 e. The zero-order valence-corrected chi connectivity index (χ0v) is 19.5. The molecule has 1 aliphatic carbocycles. The highest BCUT2D eigenvalue weighted by molar-refractivity contribution is 5.49. The van der Waals surface area contributed by atoms with E-state index in [0.29, 0.717) is 18.4 Å². The second kappa shape index (κ2) is 17.8. The Morgan fingerprint density at radius 3 is 2.42 bits per heavy atom. The van der Waals surface area contributed by atoms with E-state index in [2.05, 4.69) is 52.3 Å². The van der Waals surface area contributed by atoms with Gasteiger partial charge in [-0.15, -0.1) is 0 Å². The molecule has 1 saturated heterocycles. The Hall–Kier alpha value is -1.88. The number of rotatable bonds is 10. The van der Waals surface area contributed by atoms with Gasteiger partial charge in [-0.05, 0) is 56.4 Å². The molecule has 0 aromatic carbocycles. The summed E-state index contributed by atoms with van der Waals surface area (Å²) in [7, 11) is 3.25. The standard InChI is InChI=1S/C23H37N3O.C2H6O.CH4/c1-4-9-21(19(2)25-22-11-6-5-7-12-22)13-14-23(24-3)26-16-8-10-20(18-26)15-17-27;1-3-2;/h13-14,17,20,22,25H,2-12,15-16,18H2,1H3;1-2H3;1H4/b21-13+,23-14+;;. The number of piperidine rings is 1. The van der Waals surface area contributed by atoms with Crippen LogP contribution in [0.25, 0.3) is 0 Å². The van der Waals surface area contributed by atoms with Crippen molar-refractivity contribution in [3.63, 3.8) is 0 Å². The van der Waals surface area contributed by atoms with Gasteiger partial charge in [-0.3, -0.25) is 0 Å². The highest BCUT2D eigenvalue weighted by atomic mass is 16.4. The van der Waals surface area contributed by atoms with Crippen molar-refractivity contribution in [2.24, 2.45) is 10.9 Å². The third-order valence-electron chi connectivity index (χ3n) is 5.76. The lowest BCUT2D eigenvalue weighted by Crippen LogP contribution is -2.34. The normalized spacial score (nSPS) is 20.1. The topological polar surface area (TPSA) is 53.9 Å². The van der Waals surface area contributed by atoms with Gasteiger partial charge in [0.2, 0.25) is 0 Å². The monoisotopic (exact) mass is 433 g/mol. The molecule has 178 valence electrons. The second-order valence-electron chi connectivity index (χ2n) is 8.35. The summed E-state index contributed by atoms with van der Waals surface area (Å²) >= 11 is 0. The molecule has 1 saturated carbocycles. The molecule has 2 aliphatic rings. The molecule has 5 nitrogen and oxygen atoms in total. The first-order valence-corrected chi connectivity index (χ1v) is 11.5. The first kappa shape index (κ1) is 29.1. The van der Waals surface area contributed by atoms with Gasteiger partial charge in [-0.2, -0.15) is 0 Å². The van der Waals surface area contributed by atoms with E-state index in [-0.39, 0.29) is 7.43 Å². The number of methoxy groups -OCH3 is 1. The first-order valence-electron chi connectivity index (χ1n) is 11.5. The number of likely N-dealkylation sites (tertiary alicyclic amines) is 1. The van der Waals surface area contributed by atoms with E-state index >= 15 is 0 Å². The number of carbonyl (C=O) groups is 1. The smallest absolute Gasteiger partial charge is 0.127 e. The fourth-order valence-electron chi connectivity index (χ4n) is 4.23. The number of hydrogen-bond acceptors (Lipinski definition) is 5. The molecule has 5 heteroatoms. The van der Waals surface area contributed by atoms with Crippen LogP contribution in [0.15, 0.2) is 40.8 Å². The second-order valence-corrected chi connectivity index (χ2v) is 8.35. The molecule has 0 radical (unpaired) electrons.